The number of amides is 2. The van der Waals surface area contributed by atoms with Crippen LogP contribution in [0.1, 0.15) is 28.8 Å². The van der Waals surface area contributed by atoms with Crippen LogP contribution in [0.15, 0.2) is 36.4 Å². The molecule has 0 atom stereocenters. The lowest BCUT2D eigenvalue weighted by molar-refractivity contribution is -0.173. The number of ketones is 1. The van der Waals surface area contributed by atoms with Gasteiger partial charge in [0.25, 0.3) is 0 Å². The Morgan fingerprint density at radius 3 is 2.22 bits per heavy atom. The molecule has 0 aromatic heterocycles. The van der Waals surface area contributed by atoms with Gasteiger partial charge in [-0.1, -0.05) is 23.7 Å². The molecule has 1 heterocycles. The second-order valence-corrected chi connectivity index (χ2v) is 11.1. The summed E-state index contributed by atoms with van der Waals surface area (Å²) in [5.41, 5.74) is -0.281. The third kappa shape index (κ3) is 7.25. The first-order chi connectivity index (χ1) is 17.2. The van der Waals surface area contributed by atoms with E-state index in [1.165, 1.54) is 11.4 Å². The van der Waals surface area contributed by atoms with Crippen LogP contribution in [-0.2, 0) is 26.0 Å². The molecule has 200 valence electrons. The molecule has 2 amide bonds. The van der Waals surface area contributed by atoms with Crippen molar-refractivity contribution in [3.05, 3.63) is 64.2 Å². The van der Waals surface area contributed by atoms with Crippen molar-refractivity contribution >= 4 is 44.7 Å². The molecule has 0 spiro atoms. The summed E-state index contributed by atoms with van der Waals surface area (Å²) in [6, 6.07) is 6.44. The molecule has 0 aliphatic carbocycles. The number of nitrogens with zero attached hydrogens (tertiary/aromatic N) is 1. The molecule has 7 nitrogen and oxygen atoms in total. The van der Waals surface area contributed by atoms with E-state index in [9.17, 15) is 44.8 Å². The predicted octanol–water partition coefficient (Wildman–Crippen LogP) is 3.84. The maximum atomic E-state index is 14.9. The standard InChI is InChI=1S/C23H20ClF5N2O5S/c24-17-10-16(3-4-18(17)25)31(21(33)13-5-7-37(35,36)8-6-13)12-15-2-1-14(9-19(15)26)20(32)11-30-22(34)23(27,28)29/h1-4,9-10,13H,5-8,11-12H2,(H,30,34). The molecule has 1 N–H and O–H groups in total. The smallest absolute Gasteiger partial charge is 0.341 e. The fourth-order valence-electron chi connectivity index (χ4n) is 3.69. The van der Waals surface area contributed by atoms with E-state index in [0.29, 0.717) is 0 Å². The number of carbonyl (C=O) groups is 3. The largest absolute Gasteiger partial charge is 0.471 e. The van der Waals surface area contributed by atoms with Crippen LogP contribution in [0.2, 0.25) is 5.02 Å². The van der Waals surface area contributed by atoms with Crippen LogP contribution in [-0.4, -0.2) is 50.2 Å². The Labute approximate surface area is 213 Å². The van der Waals surface area contributed by atoms with Crippen LogP contribution in [0, 0.1) is 17.6 Å². The topological polar surface area (TPSA) is 101 Å². The normalized spacial score (nSPS) is 15.7. The highest BCUT2D eigenvalue weighted by Gasteiger charge is 2.38. The summed E-state index contributed by atoms with van der Waals surface area (Å²) in [4.78, 5) is 37.4. The summed E-state index contributed by atoms with van der Waals surface area (Å²) in [5, 5.41) is 1.10. The minimum atomic E-state index is -5.18. The maximum Gasteiger partial charge on any atom is 0.471 e. The summed E-state index contributed by atoms with van der Waals surface area (Å²) in [6.45, 7) is -1.41. The fraction of sp³-hybridized carbons (Fsp3) is 0.348. The van der Waals surface area contributed by atoms with Gasteiger partial charge in [0.2, 0.25) is 5.91 Å². The van der Waals surface area contributed by atoms with E-state index < -0.39 is 64.3 Å². The van der Waals surface area contributed by atoms with E-state index in [1.807, 2.05) is 0 Å². The molecule has 0 saturated carbocycles. The van der Waals surface area contributed by atoms with E-state index in [2.05, 4.69) is 0 Å². The zero-order chi connectivity index (χ0) is 27.5. The molecule has 1 saturated heterocycles. The van der Waals surface area contributed by atoms with Crippen LogP contribution in [0.3, 0.4) is 0 Å². The Morgan fingerprint density at radius 1 is 1.00 bits per heavy atom. The molecule has 14 heteroatoms. The number of anilines is 1. The molecule has 0 bridgehead atoms. The first kappa shape index (κ1) is 28.5. The number of hydrogen-bond donors (Lipinski definition) is 1. The zero-order valence-corrected chi connectivity index (χ0v) is 20.5. The molecule has 1 fully saturated rings. The summed E-state index contributed by atoms with van der Waals surface area (Å²) in [7, 11) is -3.27. The number of alkyl halides is 3. The van der Waals surface area contributed by atoms with Gasteiger partial charge in [-0.25, -0.2) is 17.2 Å². The van der Waals surface area contributed by atoms with Crippen LogP contribution in [0.4, 0.5) is 27.6 Å². The van der Waals surface area contributed by atoms with Crippen molar-refractivity contribution in [2.75, 3.05) is 23.0 Å². The van der Waals surface area contributed by atoms with E-state index in [1.54, 1.807) is 0 Å². The number of nitrogens with one attached hydrogen (secondary N) is 1. The van der Waals surface area contributed by atoms with Gasteiger partial charge in [-0.05, 0) is 37.1 Å². The van der Waals surface area contributed by atoms with Crippen LogP contribution in [0.5, 0.6) is 0 Å². The number of sulfone groups is 1. The Kier molecular flexibility index (Phi) is 8.58. The summed E-state index contributed by atoms with van der Waals surface area (Å²) in [5.74, 6) is -6.65. The fourth-order valence-corrected chi connectivity index (χ4v) is 5.36. The zero-order valence-electron chi connectivity index (χ0n) is 18.9. The first-order valence-corrected chi connectivity index (χ1v) is 13.0. The minimum absolute atomic E-state index is 0.0478. The summed E-state index contributed by atoms with van der Waals surface area (Å²) < 4.78 is 89.0. The van der Waals surface area contributed by atoms with Gasteiger partial charge in [-0.3, -0.25) is 14.4 Å². The molecule has 1 aliphatic heterocycles. The minimum Gasteiger partial charge on any atom is -0.341 e. The average Bonchev–Trinajstić information content (AvgIpc) is 2.82. The Bertz CT molecular complexity index is 1320. The van der Waals surface area contributed by atoms with E-state index >= 15 is 0 Å². The SMILES string of the molecule is O=C(CNC(=O)C(F)(F)F)c1ccc(CN(C(=O)C2CCS(=O)(=O)CC2)c2ccc(F)c(Cl)c2)c(F)c1. The number of Topliss-reactive ketones (excluding diaryl/α,β-unsaturated/α-hetero) is 1. The van der Waals surface area contributed by atoms with Crippen LogP contribution < -0.4 is 10.2 Å². The van der Waals surface area contributed by atoms with Gasteiger partial charge in [0.05, 0.1) is 29.6 Å². The van der Waals surface area contributed by atoms with Crippen molar-refractivity contribution in [3.63, 3.8) is 0 Å². The average molecular weight is 567 g/mol. The van der Waals surface area contributed by atoms with E-state index in [4.69, 9.17) is 11.6 Å². The molecule has 2 aromatic rings. The molecule has 2 aromatic carbocycles. The number of halogens is 6. The first-order valence-electron chi connectivity index (χ1n) is 10.8. The second kappa shape index (κ2) is 11.1. The Hall–Kier alpha value is -3.06. The van der Waals surface area contributed by atoms with Crippen molar-refractivity contribution in [2.24, 2.45) is 5.92 Å². The molecule has 37 heavy (non-hydrogen) atoms. The van der Waals surface area contributed by atoms with Crippen molar-refractivity contribution in [2.45, 2.75) is 25.6 Å². The van der Waals surface area contributed by atoms with Crippen molar-refractivity contribution in [3.8, 4) is 0 Å². The maximum absolute atomic E-state index is 14.9. The molecular formula is C23H20ClF5N2O5S. The van der Waals surface area contributed by atoms with Crippen LogP contribution in [0.25, 0.3) is 0 Å². The highest BCUT2D eigenvalue weighted by atomic mass is 35.5. The lowest BCUT2D eigenvalue weighted by atomic mass is 9.99. The van der Waals surface area contributed by atoms with Gasteiger partial charge in [-0.15, -0.1) is 0 Å². The number of hydrogen-bond acceptors (Lipinski definition) is 5. The highest BCUT2D eigenvalue weighted by Crippen LogP contribution is 2.29. The second-order valence-electron chi connectivity index (χ2n) is 8.36. The lowest BCUT2D eigenvalue weighted by Gasteiger charge is -2.30. The van der Waals surface area contributed by atoms with Gasteiger partial charge in [0.15, 0.2) is 5.78 Å². The van der Waals surface area contributed by atoms with Gasteiger partial charge >= 0.3 is 12.1 Å². The summed E-state index contributed by atoms with van der Waals surface area (Å²) in [6.07, 6.45) is -5.09. The monoisotopic (exact) mass is 566 g/mol. The predicted molar refractivity (Wildman–Crippen MR) is 124 cm³/mol. The Balaban J connectivity index is 1.83. The van der Waals surface area contributed by atoms with Crippen molar-refractivity contribution in [1.29, 1.82) is 0 Å². The van der Waals surface area contributed by atoms with E-state index in [-0.39, 0.29) is 46.2 Å². The van der Waals surface area contributed by atoms with Gasteiger partial charge in [0, 0.05) is 22.7 Å². The molecular weight excluding hydrogens is 547 g/mol. The van der Waals surface area contributed by atoms with Crippen molar-refractivity contribution in [1.82, 2.24) is 5.32 Å². The van der Waals surface area contributed by atoms with Crippen LogP contribution >= 0.6 is 11.6 Å². The van der Waals surface area contributed by atoms with Crippen molar-refractivity contribution < 1.29 is 44.8 Å². The highest BCUT2D eigenvalue weighted by molar-refractivity contribution is 7.91. The lowest BCUT2D eigenvalue weighted by Crippen LogP contribution is -2.40. The quantitative estimate of drug-likeness (QED) is 0.405. The van der Waals surface area contributed by atoms with Gasteiger partial charge in [-0.2, -0.15) is 13.2 Å². The molecule has 3 rings (SSSR count). The number of rotatable bonds is 7. The Morgan fingerprint density at radius 2 is 1.65 bits per heavy atom. The van der Waals surface area contributed by atoms with Gasteiger partial charge in [0.1, 0.15) is 21.5 Å². The molecule has 1 aliphatic rings. The third-order valence-electron chi connectivity index (χ3n) is 5.76. The number of carbonyl (C=O) groups excluding carboxylic acids is 3. The molecule has 0 unspecified atom stereocenters. The van der Waals surface area contributed by atoms with Gasteiger partial charge < -0.3 is 10.2 Å². The third-order valence-corrected chi connectivity index (χ3v) is 7.76. The molecule has 0 radical (unpaired) electrons. The summed E-state index contributed by atoms with van der Waals surface area (Å²) >= 11 is 5.85. The van der Waals surface area contributed by atoms with E-state index in [0.717, 1.165) is 35.2 Å². The number of benzene rings is 2.